The lowest BCUT2D eigenvalue weighted by Gasteiger charge is -2.20. The molecule has 116 valence electrons. The average Bonchev–Trinajstić information content (AvgIpc) is 3.17. The van der Waals surface area contributed by atoms with E-state index in [1.165, 1.54) is 0 Å². The van der Waals surface area contributed by atoms with Crippen LogP contribution in [0.1, 0.15) is 38.3 Å². The molecule has 2 N–H and O–H groups in total. The second kappa shape index (κ2) is 6.32. The molecular formula is C17H22N4O. The first kappa shape index (κ1) is 14.8. The Balaban J connectivity index is 1.59. The first-order chi connectivity index (χ1) is 10.6. The first-order valence-corrected chi connectivity index (χ1v) is 7.78. The van der Waals surface area contributed by atoms with Crippen LogP contribution in [0.15, 0.2) is 43.0 Å². The summed E-state index contributed by atoms with van der Waals surface area (Å²) in [4.78, 5) is 16.0. The third-order valence-electron chi connectivity index (χ3n) is 4.01. The van der Waals surface area contributed by atoms with Crippen LogP contribution >= 0.6 is 0 Å². The van der Waals surface area contributed by atoms with Crippen molar-refractivity contribution in [1.29, 1.82) is 0 Å². The fraction of sp³-hybridized carbons (Fsp3) is 0.412. The van der Waals surface area contributed by atoms with Gasteiger partial charge in [-0.1, -0.05) is 12.1 Å². The summed E-state index contributed by atoms with van der Waals surface area (Å²) in [5.41, 5.74) is 2.24. The highest BCUT2D eigenvalue weighted by Gasteiger charge is 2.26. The zero-order chi connectivity index (χ0) is 15.5. The molecule has 2 atom stereocenters. The van der Waals surface area contributed by atoms with Crippen molar-refractivity contribution in [3.8, 4) is 5.69 Å². The summed E-state index contributed by atoms with van der Waals surface area (Å²) in [5, 5.41) is 6.38. The number of benzene rings is 1. The van der Waals surface area contributed by atoms with Crippen molar-refractivity contribution < 1.29 is 4.79 Å². The highest BCUT2D eigenvalue weighted by atomic mass is 16.2. The van der Waals surface area contributed by atoms with Gasteiger partial charge in [-0.05, 0) is 44.4 Å². The number of nitrogens with one attached hydrogen (secondary N) is 2. The van der Waals surface area contributed by atoms with Gasteiger partial charge < -0.3 is 9.88 Å². The molecular weight excluding hydrogens is 276 g/mol. The molecule has 5 heteroatoms. The van der Waals surface area contributed by atoms with Crippen LogP contribution in [0.5, 0.6) is 0 Å². The van der Waals surface area contributed by atoms with Crippen LogP contribution < -0.4 is 10.6 Å². The number of rotatable bonds is 6. The Morgan fingerprint density at radius 2 is 2.00 bits per heavy atom. The van der Waals surface area contributed by atoms with Crippen molar-refractivity contribution in [3.63, 3.8) is 0 Å². The second-order valence-corrected chi connectivity index (χ2v) is 5.95. The Bertz CT molecular complexity index is 617. The van der Waals surface area contributed by atoms with E-state index >= 15 is 0 Å². The van der Waals surface area contributed by atoms with E-state index < -0.39 is 0 Å². The molecule has 0 saturated heterocycles. The number of aromatic nitrogens is 2. The second-order valence-electron chi connectivity index (χ2n) is 5.95. The lowest BCUT2D eigenvalue weighted by Crippen LogP contribution is -2.43. The van der Waals surface area contributed by atoms with Crippen molar-refractivity contribution in [1.82, 2.24) is 20.2 Å². The van der Waals surface area contributed by atoms with Crippen LogP contribution in [-0.4, -0.2) is 27.5 Å². The Labute approximate surface area is 130 Å². The quantitative estimate of drug-likeness (QED) is 0.859. The summed E-state index contributed by atoms with van der Waals surface area (Å²) >= 11 is 0. The molecule has 1 aliphatic rings. The Hall–Kier alpha value is -2.14. The summed E-state index contributed by atoms with van der Waals surface area (Å²) in [6, 6.07) is 8.62. The lowest BCUT2D eigenvalue weighted by atomic mass is 10.1. The molecule has 0 spiro atoms. The molecule has 1 aromatic carbocycles. The predicted molar refractivity (Wildman–Crippen MR) is 85.7 cm³/mol. The van der Waals surface area contributed by atoms with Gasteiger partial charge in [0.1, 0.15) is 0 Å². The first-order valence-electron chi connectivity index (χ1n) is 7.78. The van der Waals surface area contributed by atoms with E-state index in [1.54, 1.807) is 12.5 Å². The number of amides is 1. The summed E-state index contributed by atoms with van der Waals surface area (Å²) in [7, 11) is 0. The van der Waals surface area contributed by atoms with Gasteiger partial charge in [0.25, 0.3) is 0 Å². The van der Waals surface area contributed by atoms with Crippen LogP contribution in [0.3, 0.4) is 0 Å². The normalized spacial score (nSPS) is 17.0. The van der Waals surface area contributed by atoms with E-state index in [1.807, 2.05) is 17.7 Å². The molecule has 1 fully saturated rings. The van der Waals surface area contributed by atoms with Gasteiger partial charge in [-0.25, -0.2) is 4.98 Å². The monoisotopic (exact) mass is 298 g/mol. The number of carbonyl (C=O) groups is 1. The standard InChI is InChI=1S/C17H22N4O/c1-12(19-13(2)17(22)20-15-5-6-15)14-3-7-16(8-4-14)21-10-9-18-11-21/h3-4,7-13,15,19H,5-6H2,1-2H3,(H,20,22)/t12-,13+/m0/s1. The molecule has 5 nitrogen and oxygen atoms in total. The van der Waals surface area contributed by atoms with Crippen LogP contribution in [-0.2, 0) is 4.79 Å². The van der Waals surface area contributed by atoms with Gasteiger partial charge in [0, 0.05) is 30.2 Å². The zero-order valence-electron chi connectivity index (χ0n) is 13.0. The summed E-state index contributed by atoms with van der Waals surface area (Å²) in [5.74, 6) is 0.0874. The molecule has 2 aromatic rings. The van der Waals surface area contributed by atoms with E-state index in [-0.39, 0.29) is 18.0 Å². The fourth-order valence-electron chi connectivity index (χ4n) is 2.45. The molecule has 1 aliphatic carbocycles. The minimum Gasteiger partial charge on any atom is -0.352 e. The van der Waals surface area contributed by atoms with Crippen LogP contribution in [0.2, 0.25) is 0 Å². The van der Waals surface area contributed by atoms with Crippen molar-refractivity contribution in [2.24, 2.45) is 0 Å². The Kier molecular flexibility index (Phi) is 4.24. The number of hydrogen-bond donors (Lipinski definition) is 2. The highest BCUT2D eigenvalue weighted by molar-refractivity contribution is 5.81. The average molecular weight is 298 g/mol. The topological polar surface area (TPSA) is 59.0 Å². The van der Waals surface area contributed by atoms with Crippen LogP contribution in [0, 0.1) is 0 Å². The zero-order valence-corrected chi connectivity index (χ0v) is 13.0. The van der Waals surface area contributed by atoms with Crippen molar-refractivity contribution in [3.05, 3.63) is 48.5 Å². The van der Waals surface area contributed by atoms with Crippen LogP contribution in [0.25, 0.3) is 5.69 Å². The van der Waals surface area contributed by atoms with Crippen LogP contribution in [0.4, 0.5) is 0 Å². The SMILES string of the molecule is C[C@H](N[C@H](C)C(=O)NC1CC1)c1ccc(-n2ccnc2)cc1. The van der Waals surface area contributed by atoms with Gasteiger partial charge in [-0.2, -0.15) is 0 Å². The molecule has 0 unspecified atom stereocenters. The predicted octanol–water partition coefficient (Wildman–Crippen LogP) is 2.19. The maximum absolute atomic E-state index is 12.0. The molecule has 1 saturated carbocycles. The summed E-state index contributed by atoms with van der Waals surface area (Å²) in [6.45, 7) is 3.99. The number of imidazole rings is 1. The fourth-order valence-corrected chi connectivity index (χ4v) is 2.45. The molecule has 1 aromatic heterocycles. The molecule has 0 bridgehead atoms. The van der Waals surface area contributed by atoms with E-state index in [9.17, 15) is 4.79 Å². The summed E-state index contributed by atoms with van der Waals surface area (Å²) < 4.78 is 1.97. The molecule has 1 amide bonds. The number of hydrogen-bond acceptors (Lipinski definition) is 3. The van der Waals surface area contributed by atoms with Gasteiger partial charge in [-0.3, -0.25) is 10.1 Å². The maximum atomic E-state index is 12.0. The molecule has 1 heterocycles. The molecule has 0 radical (unpaired) electrons. The minimum absolute atomic E-state index is 0.0874. The Morgan fingerprint density at radius 3 is 2.59 bits per heavy atom. The molecule has 3 rings (SSSR count). The smallest absolute Gasteiger partial charge is 0.237 e. The number of carbonyl (C=O) groups excluding carboxylic acids is 1. The lowest BCUT2D eigenvalue weighted by molar-refractivity contribution is -0.123. The van der Waals surface area contributed by atoms with Gasteiger partial charge >= 0.3 is 0 Å². The van der Waals surface area contributed by atoms with Gasteiger partial charge in [0.2, 0.25) is 5.91 Å². The van der Waals surface area contributed by atoms with Gasteiger partial charge in [0.05, 0.1) is 12.4 Å². The third-order valence-corrected chi connectivity index (χ3v) is 4.01. The van der Waals surface area contributed by atoms with Gasteiger partial charge in [-0.15, -0.1) is 0 Å². The van der Waals surface area contributed by atoms with E-state index in [2.05, 4.69) is 46.8 Å². The molecule has 0 aliphatic heterocycles. The van der Waals surface area contributed by atoms with Crippen molar-refractivity contribution in [2.45, 2.75) is 44.8 Å². The van der Waals surface area contributed by atoms with E-state index in [4.69, 9.17) is 0 Å². The van der Waals surface area contributed by atoms with Crippen molar-refractivity contribution >= 4 is 5.91 Å². The number of nitrogens with zero attached hydrogens (tertiary/aromatic N) is 2. The highest BCUT2D eigenvalue weighted by Crippen LogP contribution is 2.19. The maximum Gasteiger partial charge on any atom is 0.237 e. The van der Waals surface area contributed by atoms with Crippen molar-refractivity contribution in [2.75, 3.05) is 0 Å². The summed E-state index contributed by atoms with van der Waals surface area (Å²) in [6.07, 6.45) is 7.69. The third kappa shape index (κ3) is 3.54. The minimum atomic E-state index is -0.191. The van der Waals surface area contributed by atoms with Gasteiger partial charge in [0.15, 0.2) is 0 Å². The van der Waals surface area contributed by atoms with E-state index in [0.29, 0.717) is 6.04 Å². The Morgan fingerprint density at radius 1 is 1.27 bits per heavy atom. The largest absolute Gasteiger partial charge is 0.352 e. The van der Waals surface area contributed by atoms with E-state index in [0.717, 1.165) is 24.1 Å². The molecule has 22 heavy (non-hydrogen) atoms.